The summed E-state index contributed by atoms with van der Waals surface area (Å²) in [5.41, 5.74) is 0.995. The van der Waals surface area contributed by atoms with Crippen LogP contribution in [0.15, 0.2) is 30.3 Å². The maximum absolute atomic E-state index is 5.98. The standard InChI is InChI=1S/C19H37NO6Si2/c1-16(15-28(24-5,25-6)26-7)13-20(17-11-9-8-10-12-17)19(22-3,23-4)18(14-27)21-2/h8-12,16,18H,13-15H2,1-7,27H3. The fourth-order valence-corrected chi connectivity index (χ4v) is 6.47. The molecule has 0 aliphatic carbocycles. The molecular weight excluding hydrogens is 394 g/mol. The van der Waals surface area contributed by atoms with Gasteiger partial charge in [0.25, 0.3) is 5.91 Å². The Morgan fingerprint density at radius 1 is 0.964 bits per heavy atom. The molecule has 0 spiro atoms. The van der Waals surface area contributed by atoms with Crippen LogP contribution in [0.2, 0.25) is 12.1 Å². The van der Waals surface area contributed by atoms with Crippen LogP contribution in [0.1, 0.15) is 6.92 Å². The predicted molar refractivity (Wildman–Crippen MR) is 117 cm³/mol. The average molecular weight is 432 g/mol. The Bertz CT molecular complexity index is 530. The minimum Gasteiger partial charge on any atom is -0.377 e. The van der Waals surface area contributed by atoms with Crippen molar-refractivity contribution in [2.75, 3.05) is 54.1 Å². The SMILES string of the molecule is COC(C[SiH3])C(OC)(OC)N(CC(C)C[Si](OC)(OC)OC)c1ccccc1. The number of nitrogens with zero attached hydrogens (tertiary/aromatic N) is 1. The van der Waals surface area contributed by atoms with Crippen molar-refractivity contribution < 1.29 is 27.5 Å². The van der Waals surface area contributed by atoms with Gasteiger partial charge in [-0.15, -0.1) is 0 Å². The molecule has 0 N–H and O–H groups in total. The molecule has 2 unspecified atom stereocenters. The minimum atomic E-state index is -2.70. The zero-order chi connectivity index (χ0) is 21.2. The van der Waals surface area contributed by atoms with Crippen LogP contribution in [0.25, 0.3) is 0 Å². The number of anilines is 1. The molecule has 0 heterocycles. The summed E-state index contributed by atoms with van der Waals surface area (Å²) >= 11 is 0. The highest BCUT2D eigenvalue weighted by Crippen LogP contribution is 2.33. The molecule has 162 valence electrons. The van der Waals surface area contributed by atoms with Crippen molar-refractivity contribution in [1.82, 2.24) is 0 Å². The monoisotopic (exact) mass is 431 g/mol. The van der Waals surface area contributed by atoms with Gasteiger partial charge in [-0.05, 0) is 24.1 Å². The Kier molecular flexibility index (Phi) is 10.9. The number of rotatable bonds is 14. The van der Waals surface area contributed by atoms with Gasteiger partial charge >= 0.3 is 8.80 Å². The number of para-hydroxylation sites is 1. The average Bonchev–Trinajstić information content (AvgIpc) is 2.75. The minimum absolute atomic E-state index is 0.183. The van der Waals surface area contributed by atoms with Crippen LogP contribution in [0.4, 0.5) is 5.69 Å². The van der Waals surface area contributed by atoms with Crippen molar-refractivity contribution in [3.05, 3.63) is 30.3 Å². The first-order valence-electron chi connectivity index (χ1n) is 9.53. The number of methoxy groups -OCH3 is 3. The molecule has 1 rings (SSSR count). The maximum atomic E-state index is 5.98. The smallest absolute Gasteiger partial charge is 0.377 e. The number of hydrogen-bond acceptors (Lipinski definition) is 7. The lowest BCUT2D eigenvalue weighted by Gasteiger charge is -2.47. The van der Waals surface area contributed by atoms with Crippen LogP contribution in [0, 0.1) is 5.92 Å². The maximum Gasteiger partial charge on any atom is 0.500 e. The van der Waals surface area contributed by atoms with E-state index in [0.717, 1.165) is 22.0 Å². The van der Waals surface area contributed by atoms with E-state index in [1.54, 1.807) is 42.7 Å². The quantitative estimate of drug-likeness (QED) is 0.328. The molecule has 2 atom stereocenters. The van der Waals surface area contributed by atoms with E-state index >= 15 is 0 Å². The van der Waals surface area contributed by atoms with E-state index in [0.29, 0.717) is 12.6 Å². The normalized spacial score (nSPS) is 14.8. The second-order valence-corrected chi connectivity index (χ2v) is 10.5. The largest absolute Gasteiger partial charge is 0.500 e. The highest BCUT2D eigenvalue weighted by molar-refractivity contribution is 6.60. The summed E-state index contributed by atoms with van der Waals surface area (Å²) in [4.78, 5) is 2.13. The van der Waals surface area contributed by atoms with Crippen LogP contribution in [0.3, 0.4) is 0 Å². The zero-order valence-electron chi connectivity index (χ0n) is 18.6. The number of ether oxygens (including phenoxy) is 3. The van der Waals surface area contributed by atoms with E-state index in [1.165, 1.54) is 0 Å². The summed E-state index contributed by atoms with van der Waals surface area (Å²) in [7, 11) is 8.18. The number of hydrogen-bond donors (Lipinski definition) is 0. The van der Waals surface area contributed by atoms with Crippen LogP contribution in [-0.2, 0) is 27.5 Å². The predicted octanol–water partition coefficient (Wildman–Crippen LogP) is 1.75. The molecule has 7 nitrogen and oxygen atoms in total. The van der Waals surface area contributed by atoms with E-state index < -0.39 is 14.7 Å². The third-order valence-electron chi connectivity index (χ3n) is 5.12. The highest BCUT2D eigenvalue weighted by Gasteiger charge is 2.47. The van der Waals surface area contributed by atoms with Crippen molar-refractivity contribution in [1.29, 1.82) is 0 Å². The second kappa shape index (κ2) is 12.0. The molecule has 0 amide bonds. The van der Waals surface area contributed by atoms with Crippen LogP contribution in [-0.4, -0.2) is 80.3 Å². The summed E-state index contributed by atoms with van der Waals surface area (Å²) in [5, 5.41) is 0. The topological polar surface area (TPSA) is 58.6 Å². The molecule has 1 aromatic carbocycles. The lowest BCUT2D eigenvalue weighted by molar-refractivity contribution is -0.260. The molecule has 0 radical (unpaired) electrons. The van der Waals surface area contributed by atoms with Crippen molar-refractivity contribution >= 4 is 24.7 Å². The molecule has 0 saturated heterocycles. The van der Waals surface area contributed by atoms with Crippen molar-refractivity contribution in [3.63, 3.8) is 0 Å². The first-order chi connectivity index (χ1) is 13.4. The third kappa shape index (κ3) is 5.64. The Morgan fingerprint density at radius 2 is 1.50 bits per heavy atom. The van der Waals surface area contributed by atoms with E-state index in [-0.39, 0.29) is 12.0 Å². The van der Waals surface area contributed by atoms with E-state index in [4.69, 9.17) is 27.5 Å². The van der Waals surface area contributed by atoms with E-state index in [2.05, 4.69) is 11.8 Å². The molecule has 0 aliphatic rings. The lowest BCUT2D eigenvalue weighted by Crippen LogP contribution is -2.62. The van der Waals surface area contributed by atoms with Gasteiger partial charge in [0.2, 0.25) is 0 Å². The van der Waals surface area contributed by atoms with Gasteiger partial charge in [-0.1, -0.05) is 25.1 Å². The molecule has 0 aromatic heterocycles. The van der Waals surface area contributed by atoms with Gasteiger partial charge in [0.1, 0.15) is 6.10 Å². The van der Waals surface area contributed by atoms with Crippen molar-refractivity contribution in [2.24, 2.45) is 5.92 Å². The first-order valence-corrected chi connectivity index (χ1v) is 12.9. The van der Waals surface area contributed by atoms with Gasteiger partial charge in [-0.3, -0.25) is 0 Å². The zero-order valence-corrected chi connectivity index (χ0v) is 21.6. The lowest BCUT2D eigenvalue weighted by atomic mass is 10.1. The van der Waals surface area contributed by atoms with Gasteiger partial charge < -0.3 is 32.4 Å². The fourth-order valence-electron chi connectivity index (χ4n) is 3.64. The molecular formula is C19H37NO6Si2. The summed E-state index contributed by atoms with van der Waals surface area (Å²) in [5.74, 6) is -0.855. The van der Waals surface area contributed by atoms with Crippen LogP contribution < -0.4 is 4.90 Å². The van der Waals surface area contributed by atoms with Crippen LogP contribution in [0.5, 0.6) is 0 Å². The van der Waals surface area contributed by atoms with Crippen molar-refractivity contribution in [3.8, 4) is 0 Å². The van der Waals surface area contributed by atoms with Gasteiger partial charge in [0.05, 0.1) is 0 Å². The van der Waals surface area contributed by atoms with Gasteiger partial charge in [-0.25, -0.2) is 0 Å². The molecule has 0 fully saturated rings. The Balaban J connectivity index is 3.29. The van der Waals surface area contributed by atoms with Crippen molar-refractivity contribution in [2.45, 2.75) is 31.0 Å². The molecule has 0 aliphatic heterocycles. The summed E-state index contributed by atoms with van der Waals surface area (Å²) < 4.78 is 34.6. The first kappa shape index (κ1) is 25.3. The fraction of sp³-hybridized carbons (Fsp3) is 0.684. The van der Waals surface area contributed by atoms with E-state index in [1.807, 2.05) is 30.3 Å². The molecule has 0 bridgehead atoms. The number of benzene rings is 1. The highest BCUT2D eigenvalue weighted by atomic mass is 28.4. The van der Waals surface area contributed by atoms with Crippen LogP contribution >= 0.6 is 0 Å². The Hall–Kier alpha value is -0.786. The molecule has 0 saturated carbocycles. The molecule has 28 heavy (non-hydrogen) atoms. The third-order valence-corrected chi connectivity index (χ3v) is 8.92. The van der Waals surface area contributed by atoms with Gasteiger partial charge in [0.15, 0.2) is 0 Å². The second-order valence-electron chi connectivity index (χ2n) is 6.72. The summed E-state index contributed by atoms with van der Waals surface area (Å²) in [6, 6.07) is 11.6. The Labute approximate surface area is 174 Å². The van der Waals surface area contributed by atoms with Gasteiger partial charge in [0, 0.05) is 71.2 Å². The van der Waals surface area contributed by atoms with Gasteiger partial charge in [-0.2, -0.15) is 0 Å². The van der Waals surface area contributed by atoms with E-state index in [9.17, 15) is 0 Å². The molecule has 9 heteroatoms. The summed E-state index contributed by atoms with van der Waals surface area (Å²) in [6.45, 7) is 2.80. The Morgan fingerprint density at radius 3 is 1.89 bits per heavy atom. The summed E-state index contributed by atoms with van der Waals surface area (Å²) in [6.07, 6.45) is -0.226. The molecule has 1 aromatic rings.